The minimum Gasteiger partial charge on any atom is -0.487 e. The van der Waals surface area contributed by atoms with E-state index in [1.54, 1.807) is 6.92 Å². The molecule has 0 bridgehead atoms. The second-order valence-corrected chi connectivity index (χ2v) is 5.22. The smallest absolute Gasteiger partial charge is 0.407 e. The van der Waals surface area contributed by atoms with Crippen molar-refractivity contribution < 1.29 is 14.3 Å². The van der Waals surface area contributed by atoms with Gasteiger partial charge in [-0.3, -0.25) is 0 Å². The van der Waals surface area contributed by atoms with Crippen LogP contribution in [0.5, 0.6) is 5.75 Å². The maximum absolute atomic E-state index is 11.9. The topological polar surface area (TPSA) is 47.6 Å². The fourth-order valence-corrected chi connectivity index (χ4v) is 2.75. The summed E-state index contributed by atoms with van der Waals surface area (Å²) in [4.78, 5) is 11.9. The molecule has 0 aromatic heterocycles. The van der Waals surface area contributed by atoms with Gasteiger partial charge in [-0.15, -0.1) is 0 Å². The van der Waals surface area contributed by atoms with E-state index >= 15 is 0 Å². The van der Waals surface area contributed by atoms with Crippen LogP contribution in [0.4, 0.5) is 4.79 Å². The zero-order valence-corrected chi connectivity index (χ0v) is 12.5. The Morgan fingerprint density at radius 1 is 1.23 bits per heavy atom. The first kappa shape index (κ1) is 14.4. The molecule has 1 aliphatic rings. The summed E-state index contributed by atoms with van der Waals surface area (Å²) >= 11 is 0. The van der Waals surface area contributed by atoms with Crippen molar-refractivity contribution in [3.8, 4) is 5.75 Å². The van der Waals surface area contributed by atoms with Crippen LogP contribution in [-0.4, -0.2) is 18.8 Å². The largest absolute Gasteiger partial charge is 0.487 e. The molecule has 0 radical (unpaired) electrons. The Labute approximate surface area is 130 Å². The standard InChI is InChI=1S/C18H19NO3/c1-2-21-18(20)19-17(13-8-4-3-5-9-13)16-12-14-10-6-7-11-15(14)22-16/h3-11,16-17H,2,12H2,1H3,(H,19,20). The van der Waals surface area contributed by atoms with E-state index in [0.717, 1.165) is 17.7 Å². The third-order valence-corrected chi connectivity index (χ3v) is 3.75. The molecule has 1 aliphatic heterocycles. The molecule has 0 fully saturated rings. The predicted molar refractivity (Wildman–Crippen MR) is 83.9 cm³/mol. The average Bonchev–Trinajstić information content (AvgIpc) is 2.97. The second-order valence-electron chi connectivity index (χ2n) is 5.22. The number of hydrogen-bond donors (Lipinski definition) is 1. The van der Waals surface area contributed by atoms with Gasteiger partial charge in [0.1, 0.15) is 11.9 Å². The molecule has 1 heterocycles. The number of fused-ring (bicyclic) bond motifs is 1. The molecule has 2 atom stereocenters. The molecule has 3 rings (SSSR count). The number of para-hydroxylation sites is 1. The lowest BCUT2D eigenvalue weighted by atomic mass is 9.98. The summed E-state index contributed by atoms with van der Waals surface area (Å²) in [7, 11) is 0. The molecule has 114 valence electrons. The highest BCUT2D eigenvalue weighted by molar-refractivity contribution is 5.68. The van der Waals surface area contributed by atoms with E-state index in [-0.39, 0.29) is 12.1 Å². The van der Waals surface area contributed by atoms with E-state index in [9.17, 15) is 4.79 Å². The van der Waals surface area contributed by atoms with Crippen LogP contribution in [0.3, 0.4) is 0 Å². The summed E-state index contributed by atoms with van der Waals surface area (Å²) in [6, 6.07) is 17.6. The van der Waals surface area contributed by atoms with E-state index in [4.69, 9.17) is 9.47 Å². The van der Waals surface area contributed by atoms with Gasteiger partial charge in [-0.25, -0.2) is 4.79 Å². The van der Waals surface area contributed by atoms with Crippen LogP contribution < -0.4 is 10.1 Å². The van der Waals surface area contributed by atoms with Gasteiger partial charge in [-0.05, 0) is 24.1 Å². The summed E-state index contributed by atoms with van der Waals surface area (Å²) < 4.78 is 11.1. The Hall–Kier alpha value is -2.49. The lowest BCUT2D eigenvalue weighted by Gasteiger charge is -2.24. The van der Waals surface area contributed by atoms with E-state index < -0.39 is 6.09 Å². The lowest BCUT2D eigenvalue weighted by Crippen LogP contribution is -2.38. The van der Waals surface area contributed by atoms with Gasteiger partial charge < -0.3 is 14.8 Å². The highest BCUT2D eigenvalue weighted by Gasteiger charge is 2.32. The van der Waals surface area contributed by atoms with Crippen molar-refractivity contribution in [2.75, 3.05) is 6.61 Å². The third-order valence-electron chi connectivity index (χ3n) is 3.75. The first-order chi connectivity index (χ1) is 10.8. The fourth-order valence-electron chi connectivity index (χ4n) is 2.75. The molecule has 2 aromatic rings. The maximum atomic E-state index is 11.9. The number of amides is 1. The van der Waals surface area contributed by atoms with Crippen LogP contribution in [0.15, 0.2) is 54.6 Å². The molecule has 22 heavy (non-hydrogen) atoms. The van der Waals surface area contributed by atoms with E-state index in [1.807, 2.05) is 48.5 Å². The summed E-state index contributed by atoms with van der Waals surface area (Å²) in [6.45, 7) is 2.14. The number of rotatable bonds is 4. The van der Waals surface area contributed by atoms with E-state index in [0.29, 0.717) is 6.61 Å². The predicted octanol–water partition coefficient (Wildman–Crippen LogP) is 3.48. The molecule has 1 amide bonds. The first-order valence-corrected chi connectivity index (χ1v) is 7.50. The monoisotopic (exact) mass is 297 g/mol. The van der Waals surface area contributed by atoms with Crippen molar-refractivity contribution in [2.24, 2.45) is 0 Å². The van der Waals surface area contributed by atoms with Gasteiger partial charge in [0, 0.05) is 6.42 Å². The van der Waals surface area contributed by atoms with E-state index in [1.165, 1.54) is 5.56 Å². The summed E-state index contributed by atoms with van der Waals surface area (Å²) in [5, 5.41) is 2.92. The van der Waals surface area contributed by atoms with Gasteiger partial charge in [0.2, 0.25) is 0 Å². The van der Waals surface area contributed by atoms with Crippen LogP contribution in [0.1, 0.15) is 24.1 Å². The highest BCUT2D eigenvalue weighted by Crippen LogP contribution is 2.34. The first-order valence-electron chi connectivity index (χ1n) is 7.50. The Morgan fingerprint density at radius 2 is 1.95 bits per heavy atom. The lowest BCUT2D eigenvalue weighted by molar-refractivity contribution is 0.128. The molecule has 1 N–H and O–H groups in total. The van der Waals surface area contributed by atoms with Crippen LogP contribution in [-0.2, 0) is 11.2 Å². The fraction of sp³-hybridized carbons (Fsp3) is 0.278. The Morgan fingerprint density at radius 3 is 2.68 bits per heavy atom. The van der Waals surface area contributed by atoms with Gasteiger partial charge in [0.25, 0.3) is 0 Å². The highest BCUT2D eigenvalue weighted by atomic mass is 16.5. The zero-order chi connectivity index (χ0) is 15.4. The molecule has 4 heteroatoms. The normalized spacial score (nSPS) is 17.2. The molecule has 4 nitrogen and oxygen atoms in total. The van der Waals surface area contributed by atoms with Gasteiger partial charge in [0.05, 0.1) is 12.6 Å². The van der Waals surface area contributed by atoms with Gasteiger partial charge >= 0.3 is 6.09 Å². The summed E-state index contributed by atoms with van der Waals surface area (Å²) in [6.07, 6.45) is 0.211. The van der Waals surface area contributed by atoms with Gasteiger partial charge in [-0.1, -0.05) is 48.5 Å². The van der Waals surface area contributed by atoms with Crippen molar-refractivity contribution in [2.45, 2.75) is 25.5 Å². The van der Waals surface area contributed by atoms with Crippen molar-refractivity contribution in [1.82, 2.24) is 5.32 Å². The summed E-state index contributed by atoms with van der Waals surface area (Å²) in [5.41, 5.74) is 2.17. The quantitative estimate of drug-likeness (QED) is 0.940. The molecule has 0 saturated heterocycles. The van der Waals surface area contributed by atoms with Crippen molar-refractivity contribution in [3.63, 3.8) is 0 Å². The molecule has 0 saturated carbocycles. The number of carbonyl (C=O) groups is 1. The second kappa shape index (κ2) is 6.52. The number of ether oxygens (including phenoxy) is 2. The number of alkyl carbamates (subject to hydrolysis) is 1. The molecule has 0 aliphatic carbocycles. The van der Waals surface area contributed by atoms with Gasteiger partial charge in [-0.2, -0.15) is 0 Å². The van der Waals surface area contributed by atoms with Crippen LogP contribution >= 0.6 is 0 Å². The third kappa shape index (κ3) is 3.06. The Kier molecular flexibility index (Phi) is 4.28. The van der Waals surface area contributed by atoms with Crippen molar-refractivity contribution >= 4 is 6.09 Å². The molecule has 2 unspecified atom stereocenters. The van der Waals surface area contributed by atoms with Crippen LogP contribution in [0.25, 0.3) is 0 Å². The van der Waals surface area contributed by atoms with Crippen LogP contribution in [0, 0.1) is 0 Å². The molecule has 0 spiro atoms. The Bertz CT molecular complexity index is 617. The van der Waals surface area contributed by atoms with Crippen molar-refractivity contribution in [3.05, 3.63) is 65.7 Å². The summed E-state index contributed by atoms with van der Waals surface area (Å²) in [5.74, 6) is 0.888. The number of benzene rings is 2. The molecule has 2 aromatic carbocycles. The van der Waals surface area contributed by atoms with Crippen LogP contribution in [0.2, 0.25) is 0 Å². The zero-order valence-electron chi connectivity index (χ0n) is 12.5. The SMILES string of the molecule is CCOC(=O)NC(c1ccccc1)C1Cc2ccccc2O1. The molecular formula is C18H19NO3. The average molecular weight is 297 g/mol. The molecular weight excluding hydrogens is 278 g/mol. The Balaban J connectivity index is 1.82. The number of carbonyl (C=O) groups excluding carboxylic acids is 1. The van der Waals surface area contributed by atoms with Crippen molar-refractivity contribution in [1.29, 1.82) is 0 Å². The maximum Gasteiger partial charge on any atom is 0.407 e. The van der Waals surface area contributed by atoms with Gasteiger partial charge in [0.15, 0.2) is 0 Å². The number of hydrogen-bond acceptors (Lipinski definition) is 3. The minimum atomic E-state index is -0.420. The number of nitrogens with one attached hydrogen (secondary N) is 1. The minimum absolute atomic E-state index is 0.135. The van der Waals surface area contributed by atoms with E-state index in [2.05, 4.69) is 11.4 Å².